The van der Waals surface area contributed by atoms with E-state index in [4.69, 9.17) is 47.7 Å². The van der Waals surface area contributed by atoms with Crippen LogP contribution in [-0.2, 0) is 73.7 Å². The maximum atomic E-state index is 14.6. The standard InChI is InChI=1S/C32H29N3O8.C22H19N3O5.C12H13NO5/c1-39-31(37)24-14-22-21-9-5-6-10-23(21)33-28(22)29(20-11-12-26-27(13-20)43-18-42-26)35(24)30(36)25-16-40-17-34(25)32(38)41-15-19-7-3-2-4-8-19;26-9-15-22(28)25-16(21(27)24-15)8-13-12-3-1-2-4-14(12)23-19(13)20(25)11-5-6-17-18(7-11)30-10-29-17;14-11(15)10-7-17-8-13(10)12(16)18-6-9-4-2-1-3-5-9/h2-13,24-25,29,33H,14-18H2,1H3;1-7,15-16,20,23,26H,8-10H2,(H,24,27);1-5,10H,6-8H2,(H,14,15)/t24-,25-,29-;15-,16-,20-;10-/m111/s1. The average Bonchev–Trinajstić information content (AvgIpc) is 1.70. The molecular weight excluding hydrogens is 1180 g/mol. The van der Waals surface area contributed by atoms with Crippen LogP contribution in [0, 0.1) is 0 Å². The molecule has 0 unspecified atom stereocenters. The number of fused-ring (bicyclic) bond motifs is 9. The van der Waals surface area contributed by atoms with Crippen LogP contribution in [0.2, 0.25) is 0 Å². The fourth-order valence-electron chi connectivity index (χ4n) is 12.6. The van der Waals surface area contributed by atoms with Crippen LogP contribution in [0.5, 0.6) is 23.0 Å². The lowest BCUT2D eigenvalue weighted by Gasteiger charge is -2.46. The van der Waals surface area contributed by atoms with E-state index >= 15 is 0 Å². The number of nitrogens with one attached hydrogen (secondary N) is 3. The summed E-state index contributed by atoms with van der Waals surface area (Å²) in [5.41, 5.74) is 8.61. The Kier molecular flexibility index (Phi) is 16.6. The number of aromatic nitrogens is 2. The number of hydrogen-bond donors (Lipinski definition) is 5. The number of hydrogen-bond acceptors (Lipinski definition) is 17. The number of para-hydroxylation sites is 2. The van der Waals surface area contributed by atoms with Crippen LogP contribution in [0.3, 0.4) is 0 Å². The number of carbonyl (C=O) groups is 7. The van der Waals surface area contributed by atoms with Crippen molar-refractivity contribution in [1.82, 2.24) is 34.9 Å². The summed E-state index contributed by atoms with van der Waals surface area (Å²) in [4.78, 5) is 102. The third-order valence-corrected chi connectivity index (χ3v) is 17.0. The molecule has 0 saturated carbocycles. The highest BCUT2D eigenvalue weighted by Gasteiger charge is 2.51. The number of aliphatic carboxylic acids is 1. The van der Waals surface area contributed by atoms with Gasteiger partial charge in [-0.3, -0.25) is 24.2 Å². The van der Waals surface area contributed by atoms with E-state index in [1.54, 1.807) is 11.0 Å². The van der Waals surface area contributed by atoms with Crippen molar-refractivity contribution in [3.63, 3.8) is 0 Å². The first-order valence-corrected chi connectivity index (χ1v) is 29.3. The molecule has 91 heavy (non-hydrogen) atoms. The third kappa shape index (κ3) is 11.5. The molecule has 0 aliphatic carbocycles. The molecule has 7 aliphatic rings. The van der Waals surface area contributed by atoms with Crippen LogP contribution in [-0.4, -0.2) is 166 Å². The molecule has 0 bridgehead atoms. The molecule has 25 nitrogen and oxygen atoms in total. The number of nitrogens with zero attached hydrogens (tertiary/aromatic N) is 4. The lowest BCUT2D eigenvalue weighted by Crippen LogP contribution is -2.66. The minimum Gasteiger partial charge on any atom is -0.480 e. The molecule has 7 atom stereocenters. The molecule has 0 spiro atoms. The van der Waals surface area contributed by atoms with E-state index in [2.05, 4.69) is 15.3 Å². The Balaban J connectivity index is 0.000000136. The highest BCUT2D eigenvalue weighted by atomic mass is 16.7. The summed E-state index contributed by atoms with van der Waals surface area (Å²) in [5.74, 6) is -0.274. The number of methoxy groups -OCH3 is 1. The van der Waals surface area contributed by atoms with Crippen molar-refractivity contribution in [2.45, 2.75) is 68.3 Å². The van der Waals surface area contributed by atoms with Gasteiger partial charge in [0.1, 0.15) is 50.8 Å². The number of benzene rings is 6. The van der Waals surface area contributed by atoms with Gasteiger partial charge in [-0.25, -0.2) is 19.2 Å². The van der Waals surface area contributed by atoms with Gasteiger partial charge in [0.15, 0.2) is 29.0 Å². The van der Waals surface area contributed by atoms with Crippen molar-refractivity contribution in [2.24, 2.45) is 0 Å². The highest BCUT2D eigenvalue weighted by Crippen LogP contribution is 2.47. The van der Waals surface area contributed by atoms with Crippen LogP contribution in [0.1, 0.15) is 56.9 Å². The summed E-state index contributed by atoms with van der Waals surface area (Å²) >= 11 is 0. The number of esters is 1. The second-order valence-corrected chi connectivity index (χ2v) is 22.2. The quantitative estimate of drug-likeness (QED) is 0.0751. The summed E-state index contributed by atoms with van der Waals surface area (Å²) in [6, 6.07) is 39.4. The predicted octanol–water partition coefficient (Wildman–Crippen LogP) is 6.20. The highest BCUT2D eigenvalue weighted by molar-refractivity contribution is 6.00. The maximum Gasteiger partial charge on any atom is 0.412 e. The molecule has 5 N–H and O–H groups in total. The number of amides is 5. The predicted molar refractivity (Wildman–Crippen MR) is 319 cm³/mol. The zero-order valence-electron chi connectivity index (χ0n) is 48.9. The van der Waals surface area contributed by atoms with E-state index < -0.39 is 78.9 Å². The molecule has 2 aromatic heterocycles. The summed E-state index contributed by atoms with van der Waals surface area (Å²) < 4.78 is 48.5. The molecule has 9 heterocycles. The number of piperazine rings is 1. The third-order valence-electron chi connectivity index (χ3n) is 17.0. The van der Waals surface area contributed by atoms with Gasteiger partial charge in [0.05, 0.1) is 39.0 Å². The van der Waals surface area contributed by atoms with Gasteiger partial charge in [-0.05, 0) is 69.8 Å². The molecule has 25 heteroatoms. The van der Waals surface area contributed by atoms with Gasteiger partial charge in [0.25, 0.3) is 0 Å². The van der Waals surface area contributed by atoms with E-state index in [0.29, 0.717) is 35.0 Å². The molecule has 468 valence electrons. The Hall–Kier alpha value is -10.6. The number of aliphatic hydroxyl groups is 1. The average molecular weight is 1240 g/mol. The minimum absolute atomic E-state index is 0.00420. The second-order valence-electron chi connectivity index (χ2n) is 22.2. The van der Waals surface area contributed by atoms with Crippen molar-refractivity contribution >= 4 is 63.7 Å². The van der Waals surface area contributed by atoms with Crippen LogP contribution < -0.4 is 24.3 Å². The number of H-pyrrole nitrogens is 2. The van der Waals surface area contributed by atoms with Crippen LogP contribution in [0.25, 0.3) is 21.8 Å². The van der Waals surface area contributed by atoms with Crippen LogP contribution in [0.4, 0.5) is 9.59 Å². The van der Waals surface area contributed by atoms with Gasteiger partial charge in [-0.15, -0.1) is 0 Å². The lowest BCUT2D eigenvalue weighted by molar-refractivity contribution is -0.156. The molecule has 7 aliphatic heterocycles. The van der Waals surface area contributed by atoms with Crippen molar-refractivity contribution in [3.05, 3.63) is 190 Å². The van der Waals surface area contributed by atoms with Crippen LogP contribution in [0.15, 0.2) is 146 Å². The maximum absolute atomic E-state index is 14.6. The van der Waals surface area contributed by atoms with Crippen LogP contribution >= 0.6 is 0 Å². The van der Waals surface area contributed by atoms with Gasteiger partial charge in [0, 0.05) is 46.0 Å². The normalized spacial score (nSPS) is 21.5. The van der Waals surface area contributed by atoms with E-state index in [1.165, 1.54) is 16.9 Å². The number of carbonyl (C=O) groups excluding carboxylic acids is 6. The smallest absolute Gasteiger partial charge is 0.412 e. The van der Waals surface area contributed by atoms with E-state index in [-0.39, 0.29) is 71.7 Å². The monoisotopic (exact) mass is 1240 g/mol. The summed E-state index contributed by atoms with van der Waals surface area (Å²) in [7, 11) is 1.30. The van der Waals surface area contributed by atoms with E-state index in [1.807, 2.05) is 140 Å². The summed E-state index contributed by atoms with van der Waals surface area (Å²) in [6.45, 7) is -0.257. The number of rotatable bonds is 10. The molecule has 15 rings (SSSR count). The molecule has 8 aromatic rings. The van der Waals surface area contributed by atoms with Gasteiger partial charge in [0.2, 0.25) is 31.3 Å². The first-order chi connectivity index (χ1) is 44.4. The van der Waals surface area contributed by atoms with Gasteiger partial charge in [-0.2, -0.15) is 0 Å². The van der Waals surface area contributed by atoms with Gasteiger partial charge in [-0.1, -0.05) is 109 Å². The summed E-state index contributed by atoms with van der Waals surface area (Å²) in [5, 5.41) is 23.2. The number of carboxylic acid groups (broad SMARTS) is 1. The largest absolute Gasteiger partial charge is 0.480 e. The molecule has 0 radical (unpaired) electrons. The first-order valence-electron chi connectivity index (χ1n) is 29.3. The van der Waals surface area contributed by atoms with Crippen molar-refractivity contribution in [1.29, 1.82) is 0 Å². The fourth-order valence-corrected chi connectivity index (χ4v) is 12.6. The Morgan fingerprint density at radius 2 is 1.08 bits per heavy atom. The van der Waals surface area contributed by atoms with Gasteiger partial charge < -0.3 is 77.9 Å². The molecule has 6 aromatic carbocycles. The Bertz CT molecular complexity index is 4100. The zero-order valence-corrected chi connectivity index (χ0v) is 48.9. The van der Waals surface area contributed by atoms with Crippen molar-refractivity contribution in [3.8, 4) is 23.0 Å². The van der Waals surface area contributed by atoms with Crippen molar-refractivity contribution in [2.75, 3.05) is 54.0 Å². The minimum atomic E-state index is -1.09. The summed E-state index contributed by atoms with van der Waals surface area (Å²) in [6.07, 6.45) is -0.720. The Labute approximate surface area is 518 Å². The van der Waals surface area contributed by atoms with Gasteiger partial charge >= 0.3 is 24.1 Å². The second kappa shape index (κ2) is 25.5. The van der Waals surface area contributed by atoms with Crippen molar-refractivity contribution < 1.29 is 86.4 Å². The number of aromatic amines is 2. The number of aliphatic hydroxyl groups excluding tert-OH is 1. The number of ether oxygens (including phenoxy) is 9. The fraction of sp³-hybridized carbons (Fsp3) is 0.288. The molecule has 3 saturated heterocycles. The molecule has 3 fully saturated rings. The van der Waals surface area contributed by atoms with E-state index in [9.17, 15) is 38.7 Å². The molecular formula is C66H61N7O18. The zero-order chi connectivity index (χ0) is 62.9. The SMILES string of the molecule is COC(=O)[C@H]1Cc2c([nH]c3ccccc23)[C@@H](c2ccc3c(c2)OCO3)N1C(=O)[C@H]1COCN1C(=O)OCc1ccccc1.O=C(O)[C@H]1COCN1C(=O)OCc1ccccc1.O=C1N[C@H](CO)C(=O)N2[C@H](c3ccc4c(c3)OCO4)c3[nH]c4ccccc4c3C[C@H]12. The Morgan fingerprint density at radius 1 is 0.582 bits per heavy atom. The lowest BCUT2D eigenvalue weighted by atomic mass is 9.85. The molecule has 5 amide bonds. The topological polar surface area (TPSA) is 300 Å². The first kappa shape index (κ1) is 59.3. The number of carboxylic acids is 1. The Morgan fingerprint density at radius 3 is 1.63 bits per heavy atom. The van der Waals surface area contributed by atoms with E-state index in [0.717, 1.165) is 65.9 Å².